The van der Waals surface area contributed by atoms with Crippen molar-refractivity contribution in [3.63, 3.8) is 0 Å². The van der Waals surface area contributed by atoms with Crippen LogP contribution in [0.2, 0.25) is 0 Å². The van der Waals surface area contributed by atoms with Crippen LogP contribution in [0.4, 0.5) is 10.6 Å². The van der Waals surface area contributed by atoms with Gasteiger partial charge in [0.05, 0.1) is 18.5 Å². The molecule has 1 aliphatic carbocycles. The smallest absolute Gasteiger partial charge is 0.320 e. The number of nitrogens with one attached hydrogen (secondary N) is 2. The number of carbonyl (C=O) groups excluding carboxylic acids is 1. The average Bonchev–Trinajstić information content (AvgIpc) is 3.61. The first-order valence-electron chi connectivity index (χ1n) is 13.5. The number of aryl methyl sites for hydroxylation is 1. The number of nitrogens with zero attached hydrogens (tertiary/aromatic N) is 5. The number of amides is 2. The van der Waals surface area contributed by atoms with Crippen molar-refractivity contribution in [2.45, 2.75) is 45.1 Å². The highest BCUT2D eigenvalue weighted by molar-refractivity contribution is 5.91. The first-order chi connectivity index (χ1) is 18.0. The number of benzene rings is 1. The third-order valence-electron chi connectivity index (χ3n) is 7.96. The molecule has 1 aromatic carbocycles. The lowest BCUT2D eigenvalue weighted by atomic mass is 9.78. The molecule has 2 aromatic heterocycles. The van der Waals surface area contributed by atoms with Crippen LogP contribution in [0.3, 0.4) is 0 Å². The van der Waals surface area contributed by atoms with Gasteiger partial charge in [-0.1, -0.05) is 50.3 Å². The van der Waals surface area contributed by atoms with Crippen LogP contribution in [-0.4, -0.2) is 69.9 Å². The molecule has 5 rings (SSSR count). The van der Waals surface area contributed by atoms with E-state index >= 15 is 0 Å². The fourth-order valence-corrected chi connectivity index (χ4v) is 6.04. The van der Waals surface area contributed by atoms with Gasteiger partial charge in [0, 0.05) is 57.2 Å². The predicted octanol–water partition coefficient (Wildman–Crippen LogP) is 4.23. The Balaban J connectivity index is 1.37. The topological polar surface area (TPSA) is 89.2 Å². The zero-order valence-electron chi connectivity index (χ0n) is 22.2. The number of likely N-dealkylation sites (tertiary alicyclic amines) is 1. The number of carbonyl (C=O) groups is 1. The molecule has 2 fully saturated rings. The van der Waals surface area contributed by atoms with Crippen molar-refractivity contribution in [1.29, 1.82) is 0 Å². The van der Waals surface area contributed by atoms with Gasteiger partial charge in [-0.3, -0.25) is 14.9 Å². The van der Waals surface area contributed by atoms with Gasteiger partial charge in [-0.25, -0.2) is 9.48 Å². The largest absolute Gasteiger partial charge is 0.383 e. The quantitative estimate of drug-likeness (QED) is 0.478. The zero-order chi connectivity index (χ0) is 25.8. The van der Waals surface area contributed by atoms with Crippen molar-refractivity contribution in [1.82, 2.24) is 29.8 Å². The number of urea groups is 1. The van der Waals surface area contributed by atoms with Gasteiger partial charge >= 0.3 is 6.03 Å². The molecule has 3 aromatic rings. The van der Waals surface area contributed by atoms with Crippen molar-refractivity contribution in [3.8, 4) is 16.9 Å². The molecule has 0 spiro atoms. The molecule has 1 saturated carbocycles. The molecule has 2 N–H and O–H groups in total. The second-order valence-electron chi connectivity index (χ2n) is 10.5. The third-order valence-corrected chi connectivity index (χ3v) is 7.96. The van der Waals surface area contributed by atoms with Crippen LogP contribution in [0.25, 0.3) is 16.9 Å². The van der Waals surface area contributed by atoms with E-state index in [4.69, 9.17) is 9.84 Å². The predicted molar refractivity (Wildman–Crippen MR) is 145 cm³/mol. The number of hydrogen-bond acceptors (Lipinski definition) is 5. The van der Waals surface area contributed by atoms with Crippen LogP contribution in [0.1, 0.15) is 37.7 Å². The van der Waals surface area contributed by atoms with Crippen molar-refractivity contribution in [2.24, 2.45) is 18.9 Å². The maximum atomic E-state index is 13.5. The van der Waals surface area contributed by atoms with Gasteiger partial charge in [0.1, 0.15) is 11.5 Å². The number of para-hydroxylation sites is 1. The standard InChI is InChI=1S/C28H39N7O2/c1-20-26(22-16-29-33(2)17-22)32-35(23-12-8-5-9-13-23)27(20)31-28(36)30-25-19-34(14-15-37-3)18-24(25)21-10-6-4-7-11-21/h5,8-9,12-13,16-17,21,24-25H,4,6-7,10-11,14-15,18-19H2,1-3H3,(H2,30,31,36)/t24-,25+/m0/s1. The number of anilines is 1. The summed E-state index contributed by atoms with van der Waals surface area (Å²) in [5.74, 6) is 1.81. The Bertz CT molecular complexity index is 1180. The second kappa shape index (κ2) is 11.5. The van der Waals surface area contributed by atoms with E-state index in [1.54, 1.807) is 18.0 Å². The Labute approximate surface area is 219 Å². The van der Waals surface area contributed by atoms with E-state index in [9.17, 15) is 4.79 Å². The Morgan fingerprint density at radius 3 is 2.62 bits per heavy atom. The highest BCUT2D eigenvalue weighted by Crippen LogP contribution is 2.36. The molecule has 37 heavy (non-hydrogen) atoms. The van der Waals surface area contributed by atoms with Gasteiger partial charge in [0.2, 0.25) is 0 Å². The summed E-state index contributed by atoms with van der Waals surface area (Å²) >= 11 is 0. The summed E-state index contributed by atoms with van der Waals surface area (Å²) < 4.78 is 8.91. The highest BCUT2D eigenvalue weighted by Gasteiger charge is 2.39. The van der Waals surface area contributed by atoms with E-state index in [2.05, 4.69) is 20.6 Å². The lowest BCUT2D eigenvalue weighted by Crippen LogP contribution is -2.45. The summed E-state index contributed by atoms with van der Waals surface area (Å²) in [5, 5.41) is 15.7. The van der Waals surface area contributed by atoms with Gasteiger partial charge in [0.15, 0.2) is 0 Å². The molecular formula is C28H39N7O2. The summed E-state index contributed by atoms with van der Waals surface area (Å²) in [4.78, 5) is 15.9. The molecule has 2 amide bonds. The molecule has 2 atom stereocenters. The first-order valence-corrected chi connectivity index (χ1v) is 13.5. The van der Waals surface area contributed by atoms with Crippen LogP contribution in [-0.2, 0) is 11.8 Å². The van der Waals surface area contributed by atoms with Crippen molar-refractivity contribution in [2.75, 3.05) is 38.7 Å². The van der Waals surface area contributed by atoms with Crippen molar-refractivity contribution < 1.29 is 9.53 Å². The van der Waals surface area contributed by atoms with Crippen molar-refractivity contribution >= 4 is 11.8 Å². The summed E-state index contributed by atoms with van der Waals surface area (Å²) in [5.41, 5.74) is 3.52. The minimum atomic E-state index is -0.183. The Kier molecular flexibility index (Phi) is 7.90. The molecule has 3 heterocycles. The second-order valence-corrected chi connectivity index (χ2v) is 10.5. The van der Waals surface area contributed by atoms with Crippen LogP contribution >= 0.6 is 0 Å². The molecule has 198 valence electrons. The van der Waals surface area contributed by atoms with E-state index in [1.165, 1.54) is 32.1 Å². The molecule has 0 unspecified atom stereocenters. The number of aromatic nitrogens is 4. The molecule has 1 saturated heterocycles. The fraction of sp³-hybridized carbons (Fsp3) is 0.536. The lowest BCUT2D eigenvalue weighted by Gasteiger charge is -2.31. The molecule has 9 heteroatoms. The van der Waals surface area contributed by atoms with Crippen LogP contribution < -0.4 is 10.6 Å². The Morgan fingerprint density at radius 1 is 1.14 bits per heavy atom. The molecule has 9 nitrogen and oxygen atoms in total. The van der Waals surface area contributed by atoms with E-state index in [-0.39, 0.29) is 12.1 Å². The Morgan fingerprint density at radius 2 is 1.92 bits per heavy atom. The SMILES string of the molecule is COCCN1C[C@@H](NC(=O)Nc2c(C)c(-c3cnn(C)c3)nn2-c2ccccc2)[C@H](C2CCCCC2)C1. The Hall–Kier alpha value is -3.17. The van der Waals surface area contributed by atoms with Gasteiger partial charge in [-0.05, 0) is 30.9 Å². The van der Waals surface area contributed by atoms with Crippen LogP contribution in [0.15, 0.2) is 42.7 Å². The summed E-state index contributed by atoms with van der Waals surface area (Å²) in [6.07, 6.45) is 10.2. The van der Waals surface area contributed by atoms with Crippen molar-refractivity contribution in [3.05, 3.63) is 48.3 Å². The van der Waals surface area contributed by atoms with Crippen LogP contribution in [0, 0.1) is 18.8 Å². The fourth-order valence-electron chi connectivity index (χ4n) is 6.04. The van der Waals surface area contributed by atoms with Gasteiger partial charge in [-0.15, -0.1) is 0 Å². The van der Waals surface area contributed by atoms with Gasteiger partial charge < -0.3 is 10.1 Å². The first kappa shape index (κ1) is 25.5. The van der Waals surface area contributed by atoms with Crippen LogP contribution in [0.5, 0.6) is 0 Å². The van der Waals surface area contributed by atoms with E-state index in [1.807, 2.05) is 55.2 Å². The molecular weight excluding hydrogens is 466 g/mol. The monoisotopic (exact) mass is 505 g/mol. The van der Waals surface area contributed by atoms with E-state index in [0.29, 0.717) is 24.3 Å². The number of rotatable bonds is 8. The minimum absolute atomic E-state index is 0.117. The maximum absolute atomic E-state index is 13.5. The van der Waals surface area contributed by atoms with Gasteiger partial charge in [0.25, 0.3) is 0 Å². The molecule has 0 radical (unpaired) electrons. The van der Waals surface area contributed by atoms with E-state index in [0.717, 1.165) is 42.1 Å². The summed E-state index contributed by atoms with van der Waals surface area (Å²) in [6, 6.07) is 9.84. The lowest BCUT2D eigenvalue weighted by molar-refractivity contribution is 0.154. The maximum Gasteiger partial charge on any atom is 0.320 e. The number of hydrogen-bond donors (Lipinski definition) is 2. The average molecular weight is 506 g/mol. The summed E-state index contributed by atoms with van der Waals surface area (Å²) in [6.45, 7) is 5.48. The molecule has 2 aliphatic rings. The molecule has 1 aliphatic heterocycles. The third kappa shape index (κ3) is 5.72. The normalized spacial score (nSPS) is 20.8. The van der Waals surface area contributed by atoms with Gasteiger partial charge in [-0.2, -0.15) is 10.2 Å². The van der Waals surface area contributed by atoms with E-state index < -0.39 is 0 Å². The minimum Gasteiger partial charge on any atom is -0.383 e. The molecule has 0 bridgehead atoms. The highest BCUT2D eigenvalue weighted by atomic mass is 16.5. The summed E-state index contributed by atoms with van der Waals surface area (Å²) in [7, 11) is 3.63. The number of ether oxygens (including phenoxy) is 1. The zero-order valence-corrected chi connectivity index (χ0v) is 22.2. The number of methoxy groups -OCH3 is 1.